The summed E-state index contributed by atoms with van der Waals surface area (Å²) in [5, 5.41) is 1.25. The Balaban J connectivity index is 1.71. The summed E-state index contributed by atoms with van der Waals surface area (Å²) in [7, 11) is 0. The van der Waals surface area contributed by atoms with Crippen LogP contribution in [0.5, 0.6) is 0 Å². The van der Waals surface area contributed by atoms with Gasteiger partial charge in [-0.15, -0.1) is 23.5 Å². The molecule has 6 atom stereocenters. The molecule has 2 heteroatoms. The Labute approximate surface area is 190 Å². The van der Waals surface area contributed by atoms with Gasteiger partial charge in [0.1, 0.15) is 0 Å². The molecule has 0 N–H and O–H groups in total. The van der Waals surface area contributed by atoms with Gasteiger partial charge in [0.15, 0.2) is 0 Å². The number of fused-ring (bicyclic) bond motifs is 2. The number of benzene rings is 2. The van der Waals surface area contributed by atoms with Crippen LogP contribution >= 0.6 is 23.5 Å². The zero-order chi connectivity index (χ0) is 21.2. The molecule has 1 saturated carbocycles. The zero-order valence-corrected chi connectivity index (χ0v) is 20.5. The average molecular weight is 433 g/mol. The van der Waals surface area contributed by atoms with Gasteiger partial charge in [-0.1, -0.05) is 48.6 Å². The van der Waals surface area contributed by atoms with Crippen LogP contribution in [0.1, 0.15) is 59.1 Å². The molecule has 1 aliphatic carbocycles. The van der Waals surface area contributed by atoms with Crippen molar-refractivity contribution in [2.45, 2.75) is 63.9 Å². The van der Waals surface area contributed by atoms with Gasteiger partial charge in [-0.25, -0.2) is 0 Å². The first-order valence-electron chi connectivity index (χ1n) is 11.2. The molecule has 30 heavy (non-hydrogen) atoms. The Morgan fingerprint density at radius 2 is 0.867 bits per heavy atom. The van der Waals surface area contributed by atoms with Gasteiger partial charge < -0.3 is 0 Å². The number of aryl methyl sites for hydroxylation is 4. The minimum absolute atomic E-state index is 0.588. The summed E-state index contributed by atoms with van der Waals surface area (Å²) in [6, 6.07) is 13.7. The molecule has 0 saturated heterocycles. The standard InChI is InChI=1S/C28H32S2/c1-15-9-7-10-16(2)23(15)25-21-13-19(5)30-28(21)26(22-14-20(6)29-27(22)25)24-17(3)11-8-12-18(24)4/h7-14,21-22,25-28H,1-6H3. The van der Waals surface area contributed by atoms with Crippen molar-refractivity contribution in [2.24, 2.45) is 11.8 Å². The maximum Gasteiger partial charge on any atom is 0.0235 e. The fourth-order valence-corrected chi connectivity index (χ4v) is 9.56. The summed E-state index contributed by atoms with van der Waals surface area (Å²) in [6.07, 6.45) is 5.24. The highest BCUT2D eigenvalue weighted by molar-refractivity contribution is 8.04. The van der Waals surface area contributed by atoms with Gasteiger partial charge in [0, 0.05) is 22.3 Å². The Hall–Kier alpha value is -1.38. The number of hydrogen-bond acceptors (Lipinski definition) is 2. The molecule has 0 bridgehead atoms. The average Bonchev–Trinajstić information content (AvgIpc) is 3.24. The lowest BCUT2D eigenvalue weighted by molar-refractivity contribution is 0.295. The van der Waals surface area contributed by atoms with Crippen LogP contribution in [0.2, 0.25) is 0 Å². The van der Waals surface area contributed by atoms with E-state index < -0.39 is 0 Å². The third-order valence-electron chi connectivity index (χ3n) is 7.55. The van der Waals surface area contributed by atoms with E-state index in [2.05, 4.69) is 114 Å². The topological polar surface area (TPSA) is 0 Å². The Morgan fingerprint density at radius 3 is 1.20 bits per heavy atom. The summed E-state index contributed by atoms with van der Waals surface area (Å²) in [4.78, 5) is 3.03. The van der Waals surface area contributed by atoms with E-state index in [9.17, 15) is 0 Å². The molecule has 5 rings (SSSR count). The van der Waals surface area contributed by atoms with Crippen LogP contribution in [-0.4, -0.2) is 10.5 Å². The highest BCUT2D eigenvalue weighted by Crippen LogP contribution is 2.64. The number of allylic oxidation sites excluding steroid dienone is 4. The molecule has 0 amide bonds. The molecule has 2 heterocycles. The van der Waals surface area contributed by atoms with E-state index in [4.69, 9.17) is 0 Å². The minimum atomic E-state index is 0.588. The largest absolute Gasteiger partial charge is 0.127 e. The molecule has 0 spiro atoms. The first-order chi connectivity index (χ1) is 14.4. The molecule has 3 aliphatic rings. The van der Waals surface area contributed by atoms with Crippen LogP contribution in [0.15, 0.2) is 58.4 Å². The lowest BCUT2D eigenvalue weighted by atomic mass is 9.61. The van der Waals surface area contributed by atoms with Crippen LogP contribution in [0, 0.1) is 39.5 Å². The molecule has 6 unspecified atom stereocenters. The molecule has 0 radical (unpaired) electrons. The van der Waals surface area contributed by atoms with E-state index in [-0.39, 0.29) is 0 Å². The summed E-state index contributed by atoms with van der Waals surface area (Å²) < 4.78 is 0. The molecule has 2 aliphatic heterocycles. The summed E-state index contributed by atoms with van der Waals surface area (Å²) in [6.45, 7) is 13.9. The van der Waals surface area contributed by atoms with Crippen LogP contribution < -0.4 is 0 Å². The lowest BCUT2D eigenvalue weighted by Crippen LogP contribution is -2.44. The van der Waals surface area contributed by atoms with Crippen molar-refractivity contribution in [1.29, 1.82) is 0 Å². The summed E-state index contributed by atoms with van der Waals surface area (Å²) in [5.74, 6) is 2.38. The van der Waals surface area contributed by atoms with E-state index in [0.717, 1.165) is 0 Å². The third kappa shape index (κ3) is 3.14. The SMILES string of the molecule is CC1=CC2C(S1)C(c1c(C)cccc1C)C1C=C(C)SC1C2c1c(C)cccc1C. The second-order valence-corrected chi connectivity index (χ2v) is 12.4. The number of thioether (sulfide) groups is 2. The third-order valence-corrected chi connectivity index (χ3v) is 10.3. The predicted octanol–water partition coefficient (Wildman–Crippen LogP) is 8.07. The molecule has 156 valence electrons. The first kappa shape index (κ1) is 20.5. The quantitative estimate of drug-likeness (QED) is 0.470. The van der Waals surface area contributed by atoms with Gasteiger partial charge in [-0.05, 0) is 96.6 Å². The molecule has 2 aromatic rings. The van der Waals surface area contributed by atoms with E-state index in [1.807, 2.05) is 0 Å². The summed E-state index contributed by atoms with van der Waals surface area (Å²) >= 11 is 4.31. The van der Waals surface area contributed by atoms with Crippen molar-refractivity contribution in [3.8, 4) is 0 Å². The monoisotopic (exact) mass is 432 g/mol. The molecule has 0 aromatic heterocycles. The fraction of sp³-hybridized carbons (Fsp3) is 0.429. The van der Waals surface area contributed by atoms with Gasteiger partial charge in [0.25, 0.3) is 0 Å². The van der Waals surface area contributed by atoms with Crippen molar-refractivity contribution in [1.82, 2.24) is 0 Å². The lowest BCUT2D eigenvalue weighted by Gasteiger charge is -2.48. The summed E-state index contributed by atoms with van der Waals surface area (Å²) in [5.41, 5.74) is 9.11. The Bertz CT molecular complexity index is 934. The van der Waals surface area contributed by atoms with Gasteiger partial charge >= 0.3 is 0 Å². The van der Waals surface area contributed by atoms with Gasteiger partial charge in [0.05, 0.1) is 0 Å². The number of hydrogen-bond donors (Lipinski definition) is 0. The van der Waals surface area contributed by atoms with Crippen molar-refractivity contribution in [2.75, 3.05) is 0 Å². The maximum absolute atomic E-state index is 2.62. The molecule has 1 fully saturated rings. The highest BCUT2D eigenvalue weighted by atomic mass is 32.2. The predicted molar refractivity (Wildman–Crippen MR) is 135 cm³/mol. The number of rotatable bonds is 2. The van der Waals surface area contributed by atoms with Crippen LogP contribution in [0.25, 0.3) is 0 Å². The molecular formula is C28H32S2. The van der Waals surface area contributed by atoms with Crippen molar-refractivity contribution >= 4 is 23.5 Å². The molecular weight excluding hydrogens is 400 g/mol. The molecule has 0 nitrogen and oxygen atoms in total. The van der Waals surface area contributed by atoms with Crippen LogP contribution in [0.4, 0.5) is 0 Å². The van der Waals surface area contributed by atoms with E-state index in [0.29, 0.717) is 34.2 Å². The van der Waals surface area contributed by atoms with Gasteiger partial charge in [0.2, 0.25) is 0 Å². The zero-order valence-electron chi connectivity index (χ0n) is 18.9. The molecule has 2 aromatic carbocycles. The fourth-order valence-electron chi connectivity index (χ4n) is 6.50. The maximum atomic E-state index is 2.62. The van der Waals surface area contributed by atoms with Crippen molar-refractivity contribution in [3.63, 3.8) is 0 Å². The van der Waals surface area contributed by atoms with Gasteiger partial charge in [-0.3, -0.25) is 0 Å². The normalized spacial score (nSPS) is 32.5. The van der Waals surface area contributed by atoms with E-state index in [1.54, 1.807) is 11.1 Å². The van der Waals surface area contributed by atoms with E-state index in [1.165, 1.54) is 32.1 Å². The Morgan fingerprint density at radius 1 is 0.533 bits per heavy atom. The second kappa shape index (κ2) is 7.64. The van der Waals surface area contributed by atoms with Gasteiger partial charge in [-0.2, -0.15) is 0 Å². The highest BCUT2D eigenvalue weighted by Gasteiger charge is 2.54. The van der Waals surface area contributed by atoms with Crippen molar-refractivity contribution < 1.29 is 0 Å². The van der Waals surface area contributed by atoms with E-state index >= 15 is 0 Å². The smallest absolute Gasteiger partial charge is 0.0235 e. The van der Waals surface area contributed by atoms with Crippen molar-refractivity contribution in [3.05, 3.63) is 91.7 Å². The Kier molecular flexibility index (Phi) is 5.22. The first-order valence-corrected chi connectivity index (χ1v) is 12.9. The second-order valence-electron chi connectivity index (χ2n) is 9.54. The minimum Gasteiger partial charge on any atom is -0.127 e. The van der Waals surface area contributed by atoms with Crippen LogP contribution in [0.3, 0.4) is 0 Å². The van der Waals surface area contributed by atoms with Crippen LogP contribution in [-0.2, 0) is 0 Å².